The van der Waals surface area contributed by atoms with E-state index in [1.54, 1.807) is 0 Å². The van der Waals surface area contributed by atoms with E-state index in [-0.39, 0.29) is 6.04 Å². The number of benzene rings is 2. The minimum Gasteiger partial charge on any atom is -0.271 e. The summed E-state index contributed by atoms with van der Waals surface area (Å²) in [7, 11) is 0. The Balaban J connectivity index is 2.20. The molecule has 3 heteroatoms. The molecule has 0 aliphatic heterocycles. The molecule has 2 nitrogen and oxygen atoms in total. The fourth-order valence-corrected chi connectivity index (χ4v) is 2.36. The molecule has 1 unspecified atom stereocenters. The summed E-state index contributed by atoms with van der Waals surface area (Å²) in [6, 6.07) is 16.8. The zero-order chi connectivity index (χ0) is 13.0. The molecular weight excluding hydrogens is 288 g/mol. The smallest absolute Gasteiger partial charge is 0.0502 e. The van der Waals surface area contributed by atoms with Crippen LogP contribution < -0.4 is 11.3 Å². The molecule has 0 saturated heterocycles. The van der Waals surface area contributed by atoms with E-state index < -0.39 is 0 Å². The van der Waals surface area contributed by atoms with Crippen LogP contribution in [0.4, 0.5) is 0 Å². The molecule has 1 atom stereocenters. The Morgan fingerprint density at radius 2 is 1.78 bits per heavy atom. The molecule has 0 fully saturated rings. The second-order valence-corrected chi connectivity index (χ2v) is 5.32. The number of nitrogens with two attached hydrogens (primary N) is 1. The number of rotatable bonds is 4. The zero-order valence-electron chi connectivity index (χ0n) is 10.4. The number of hydrazine groups is 1. The van der Waals surface area contributed by atoms with Crippen molar-refractivity contribution >= 4 is 15.9 Å². The fourth-order valence-electron chi connectivity index (χ4n) is 2.09. The lowest BCUT2D eigenvalue weighted by Crippen LogP contribution is -2.30. The van der Waals surface area contributed by atoms with E-state index in [1.165, 1.54) is 16.7 Å². The third-order valence-electron chi connectivity index (χ3n) is 3.12. The molecule has 3 N–H and O–H groups in total. The summed E-state index contributed by atoms with van der Waals surface area (Å²) in [5.41, 5.74) is 6.69. The van der Waals surface area contributed by atoms with Crippen LogP contribution in [0.1, 0.15) is 22.7 Å². The number of halogens is 1. The van der Waals surface area contributed by atoms with E-state index in [2.05, 4.69) is 64.7 Å². The summed E-state index contributed by atoms with van der Waals surface area (Å²) in [6.45, 7) is 2.11. The van der Waals surface area contributed by atoms with Crippen LogP contribution in [0.15, 0.2) is 53.0 Å². The van der Waals surface area contributed by atoms with Crippen molar-refractivity contribution in [3.63, 3.8) is 0 Å². The second-order valence-electron chi connectivity index (χ2n) is 4.41. The molecule has 0 heterocycles. The largest absolute Gasteiger partial charge is 0.271 e. The van der Waals surface area contributed by atoms with E-state index in [1.807, 2.05) is 12.1 Å². The third kappa shape index (κ3) is 3.19. The van der Waals surface area contributed by atoms with E-state index in [0.717, 1.165) is 10.9 Å². The summed E-state index contributed by atoms with van der Waals surface area (Å²) in [4.78, 5) is 0. The molecule has 2 aromatic rings. The molecule has 0 bridgehead atoms. The lowest BCUT2D eigenvalue weighted by atomic mass is 9.96. The Morgan fingerprint density at radius 3 is 2.39 bits per heavy atom. The first kappa shape index (κ1) is 13.3. The Kier molecular flexibility index (Phi) is 4.53. The Bertz CT molecular complexity index is 508. The fraction of sp³-hybridized carbons (Fsp3) is 0.200. The van der Waals surface area contributed by atoms with Crippen LogP contribution in [0.3, 0.4) is 0 Å². The minimum absolute atomic E-state index is 0.146. The normalized spacial score (nSPS) is 12.4. The average molecular weight is 305 g/mol. The molecule has 94 valence electrons. The molecule has 0 spiro atoms. The van der Waals surface area contributed by atoms with Gasteiger partial charge in [0.15, 0.2) is 0 Å². The van der Waals surface area contributed by atoms with E-state index in [0.29, 0.717) is 0 Å². The van der Waals surface area contributed by atoms with Crippen LogP contribution in [0, 0.1) is 6.92 Å². The van der Waals surface area contributed by atoms with E-state index in [9.17, 15) is 0 Å². The Hall–Kier alpha value is -1.16. The number of hydrogen-bond acceptors (Lipinski definition) is 2. The van der Waals surface area contributed by atoms with Gasteiger partial charge in [0.05, 0.1) is 6.04 Å². The van der Waals surface area contributed by atoms with Gasteiger partial charge in [0, 0.05) is 4.47 Å². The van der Waals surface area contributed by atoms with Gasteiger partial charge in [-0.05, 0) is 42.2 Å². The van der Waals surface area contributed by atoms with Gasteiger partial charge >= 0.3 is 0 Å². The highest BCUT2D eigenvalue weighted by atomic mass is 79.9. The van der Waals surface area contributed by atoms with Gasteiger partial charge in [0.1, 0.15) is 0 Å². The van der Waals surface area contributed by atoms with Crippen LogP contribution in [0.5, 0.6) is 0 Å². The van der Waals surface area contributed by atoms with Gasteiger partial charge in [-0.3, -0.25) is 11.3 Å². The summed E-state index contributed by atoms with van der Waals surface area (Å²) >= 11 is 3.44. The molecule has 0 aliphatic carbocycles. The highest BCUT2D eigenvalue weighted by Crippen LogP contribution is 2.21. The maximum absolute atomic E-state index is 5.69. The van der Waals surface area contributed by atoms with Crippen LogP contribution >= 0.6 is 15.9 Å². The lowest BCUT2D eigenvalue weighted by molar-refractivity contribution is 0.549. The molecular formula is C15H17BrN2. The van der Waals surface area contributed by atoms with Crippen LogP contribution in [-0.4, -0.2) is 0 Å². The second kappa shape index (κ2) is 6.14. The summed E-state index contributed by atoms with van der Waals surface area (Å²) in [5, 5.41) is 0. The van der Waals surface area contributed by atoms with Crippen molar-refractivity contribution in [2.24, 2.45) is 5.84 Å². The van der Waals surface area contributed by atoms with Gasteiger partial charge in [-0.15, -0.1) is 0 Å². The standard InChI is InChI=1S/C15H17BrN2/c1-11-4-2-3-5-14(11)15(18-17)10-12-6-8-13(16)9-7-12/h2-9,15,18H,10,17H2,1H3. The van der Waals surface area contributed by atoms with Gasteiger partial charge in [-0.1, -0.05) is 52.3 Å². The molecule has 2 aromatic carbocycles. The SMILES string of the molecule is Cc1ccccc1C(Cc1ccc(Br)cc1)NN. The van der Waals surface area contributed by atoms with Crippen molar-refractivity contribution in [2.75, 3.05) is 0 Å². The van der Waals surface area contributed by atoms with E-state index >= 15 is 0 Å². The van der Waals surface area contributed by atoms with Crippen LogP contribution in [-0.2, 0) is 6.42 Å². The van der Waals surface area contributed by atoms with Crippen LogP contribution in [0.2, 0.25) is 0 Å². The van der Waals surface area contributed by atoms with Gasteiger partial charge in [-0.2, -0.15) is 0 Å². The number of hydrogen-bond donors (Lipinski definition) is 2. The van der Waals surface area contributed by atoms with Gasteiger partial charge in [-0.25, -0.2) is 0 Å². The van der Waals surface area contributed by atoms with Crippen molar-refractivity contribution in [1.82, 2.24) is 5.43 Å². The predicted molar refractivity (Wildman–Crippen MR) is 79.1 cm³/mol. The molecule has 2 rings (SSSR count). The highest BCUT2D eigenvalue weighted by molar-refractivity contribution is 9.10. The van der Waals surface area contributed by atoms with Crippen LogP contribution in [0.25, 0.3) is 0 Å². The monoisotopic (exact) mass is 304 g/mol. The molecule has 0 radical (unpaired) electrons. The van der Waals surface area contributed by atoms with Crippen molar-refractivity contribution in [1.29, 1.82) is 0 Å². The van der Waals surface area contributed by atoms with Crippen molar-refractivity contribution < 1.29 is 0 Å². The average Bonchev–Trinajstić information content (AvgIpc) is 2.39. The van der Waals surface area contributed by atoms with E-state index in [4.69, 9.17) is 5.84 Å². The van der Waals surface area contributed by atoms with Crippen molar-refractivity contribution in [3.05, 3.63) is 69.7 Å². The van der Waals surface area contributed by atoms with Crippen molar-refractivity contribution in [3.8, 4) is 0 Å². The third-order valence-corrected chi connectivity index (χ3v) is 3.65. The first-order chi connectivity index (χ1) is 8.70. The predicted octanol–water partition coefficient (Wildman–Crippen LogP) is 3.50. The summed E-state index contributed by atoms with van der Waals surface area (Å²) in [6.07, 6.45) is 0.884. The number of aryl methyl sites for hydroxylation is 1. The molecule has 0 aliphatic rings. The number of nitrogens with one attached hydrogen (secondary N) is 1. The Labute approximate surface area is 116 Å². The lowest BCUT2D eigenvalue weighted by Gasteiger charge is -2.18. The molecule has 0 amide bonds. The van der Waals surface area contributed by atoms with Crippen molar-refractivity contribution in [2.45, 2.75) is 19.4 Å². The Morgan fingerprint density at radius 1 is 1.11 bits per heavy atom. The zero-order valence-corrected chi connectivity index (χ0v) is 11.9. The summed E-state index contributed by atoms with van der Waals surface area (Å²) < 4.78 is 1.10. The summed E-state index contributed by atoms with van der Waals surface area (Å²) in [5.74, 6) is 5.69. The maximum Gasteiger partial charge on any atom is 0.0502 e. The van der Waals surface area contributed by atoms with Gasteiger partial charge in [0.25, 0.3) is 0 Å². The minimum atomic E-state index is 0.146. The van der Waals surface area contributed by atoms with Gasteiger partial charge < -0.3 is 0 Å². The first-order valence-electron chi connectivity index (χ1n) is 5.97. The molecule has 0 saturated carbocycles. The maximum atomic E-state index is 5.69. The quantitative estimate of drug-likeness (QED) is 0.670. The van der Waals surface area contributed by atoms with Gasteiger partial charge in [0.2, 0.25) is 0 Å². The first-order valence-corrected chi connectivity index (χ1v) is 6.76. The molecule has 18 heavy (non-hydrogen) atoms. The topological polar surface area (TPSA) is 38.0 Å². The molecule has 0 aromatic heterocycles. The highest BCUT2D eigenvalue weighted by Gasteiger charge is 2.12.